The van der Waals surface area contributed by atoms with Gasteiger partial charge in [-0.15, -0.1) is 0 Å². The Hall–Kier alpha value is -3.80. The minimum atomic E-state index is -0.290. The summed E-state index contributed by atoms with van der Waals surface area (Å²) in [6.07, 6.45) is 21.8. The molecule has 0 bridgehead atoms. The maximum absolute atomic E-state index is 12.5. The van der Waals surface area contributed by atoms with Crippen LogP contribution in [-0.4, -0.2) is 31.3 Å². The van der Waals surface area contributed by atoms with Crippen LogP contribution in [-0.2, 0) is 14.3 Å². The maximum Gasteiger partial charge on any atom is 0.338 e. The molecule has 6 heteroatoms. The molecule has 1 fully saturated rings. The smallest absolute Gasteiger partial charge is 0.338 e. The lowest BCUT2D eigenvalue weighted by Crippen LogP contribution is -2.15. The van der Waals surface area contributed by atoms with Crippen LogP contribution in [0.4, 0.5) is 0 Å². The predicted molar refractivity (Wildman–Crippen MR) is 207 cm³/mol. The molecule has 0 saturated heterocycles. The van der Waals surface area contributed by atoms with Crippen molar-refractivity contribution in [2.75, 3.05) is 13.2 Å². The number of benzene rings is 3. The Balaban J connectivity index is 1.02. The second kappa shape index (κ2) is 23.6. The van der Waals surface area contributed by atoms with Crippen LogP contribution in [0.1, 0.15) is 146 Å². The maximum atomic E-state index is 12.5. The molecule has 0 amide bonds. The SMILES string of the molecule is CCCCCC[C@H](C)OC(=O)c1ccc(Oc2ccc(-c3ccc(OCCCCCCCCCCCOC(=O)CC4CCCC4)cc3)cc2)cc1. The Bertz CT molecular complexity index is 1380. The molecule has 1 aliphatic carbocycles. The van der Waals surface area contributed by atoms with Gasteiger partial charge in [0, 0.05) is 6.42 Å². The van der Waals surface area contributed by atoms with Crippen LogP contribution in [0.2, 0.25) is 0 Å². The average Bonchev–Trinajstić information content (AvgIpc) is 3.66. The summed E-state index contributed by atoms with van der Waals surface area (Å²) in [6, 6.07) is 23.4. The van der Waals surface area contributed by atoms with Gasteiger partial charge in [0.05, 0.1) is 24.9 Å². The fourth-order valence-corrected chi connectivity index (χ4v) is 6.75. The first kappa shape index (κ1) is 40.0. The number of rotatable bonds is 25. The summed E-state index contributed by atoms with van der Waals surface area (Å²) < 4.78 is 23.1. The highest BCUT2D eigenvalue weighted by atomic mass is 16.5. The summed E-state index contributed by atoms with van der Waals surface area (Å²) in [7, 11) is 0. The zero-order valence-electron chi connectivity index (χ0n) is 31.4. The van der Waals surface area contributed by atoms with Gasteiger partial charge in [-0.05, 0) is 111 Å². The fourth-order valence-electron chi connectivity index (χ4n) is 6.75. The molecule has 0 aromatic heterocycles. The summed E-state index contributed by atoms with van der Waals surface area (Å²) in [5.41, 5.74) is 2.76. The third kappa shape index (κ3) is 16.0. The van der Waals surface area contributed by atoms with Crippen LogP contribution in [0, 0.1) is 5.92 Å². The van der Waals surface area contributed by atoms with E-state index in [1.54, 1.807) is 24.3 Å². The summed E-state index contributed by atoms with van der Waals surface area (Å²) in [5, 5.41) is 0. The van der Waals surface area contributed by atoms with E-state index < -0.39 is 0 Å². The van der Waals surface area contributed by atoms with Gasteiger partial charge in [-0.3, -0.25) is 4.79 Å². The minimum Gasteiger partial charge on any atom is -0.494 e. The van der Waals surface area contributed by atoms with Crippen molar-refractivity contribution in [2.24, 2.45) is 5.92 Å². The molecule has 0 heterocycles. The molecule has 1 atom stereocenters. The Morgan fingerprint density at radius 1 is 0.627 bits per heavy atom. The fraction of sp³-hybridized carbons (Fsp3) is 0.556. The highest BCUT2D eigenvalue weighted by Gasteiger charge is 2.19. The van der Waals surface area contributed by atoms with E-state index in [1.165, 1.54) is 83.5 Å². The molecule has 4 rings (SSSR count). The molecule has 0 radical (unpaired) electrons. The van der Waals surface area contributed by atoms with E-state index in [4.69, 9.17) is 18.9 Å². The molecule has 1 aliphatic rings. The molecule has 0 unspecified atom stereocenters. The first-order chi connectivity index (χ1) is 25.0. The zero-order chi connectivity index (χ0) is 35.9. The van der Waals surface area contributed by atoms with Gasteiger partial charge in [-0.25, -0.2) is 4.79 Å². The number of hydrogen-bond acceptors (Lipinski definition) is 6. The zero-order valence-corrected chi connectivity index (χ0v) is 31.4. The largest absolute Gasteiger partial charge is 0.494 e. The van der Waals surface area contributed by atoms with Crippen molar-refractivity contribution < 1.29 is 28.5 Å². The average molecular weight is 699 g/mol. The highest BCUT2D eigenvalue weighted by Crippen LogP contribution is 2.29. The van der Waals surface area contributed by atoms with Crippen LogP contribution < -0.4 is 9.47 Å². The predicted octanol–water partition coefficient (Wildman–Crippen LogP) is 12.7. The lowest BCUT2D eigenvalue weighted by atomic mass is 10.0. The molecule has 1 saturated carbocycles. The van der Waals surface area contributed by atoms with Crippen molar-refractivity contribution in [3.8, 4) is 28.4 Å². The quantitative estimate of drug-likeness (QED) is 0.0648. The molecule has 0 spiro atoms. The summed E-state index contributed by atoms with van der Waals surface area (Å²) in [5.74, 6) is 2.60. The first-order valence-corrected chi connectivity index (χ1v) is 20.0. The third-order valence-corrected chi connectivity index (χ3v) is 9.89. The molecule has 3 aromatic carbocycles. The van der Waals surface area contributed by atoms with E-state index in [0.29, 0.717) is 30.3 Å². The number of esters is 2. The van der Waals surface area contributed by atoms with Gasteiger partial charge in [0.25, 0.3) is 0 Å². The molecular weight excluding hydrogens is 636 g/mol. The van der Waals surface area contributed by atoms with Crippen molar-refractivity contribution in [1.29, 1.82) is 0 Å². The van der Waals surface area contributed by atoms with Gasteiger partial charge in [-0.1, -0.05) is 108 Å². The summed E-state index contributed by atoms with van der Waals surface area (Å²) in [6.45, 7) is 5.49. The molecule has 3 aromatic rings. The van der Waals surface area contributed by atoms with Gasteiger partial charge in [0.2, 0.25) is 0 Å². The van der Waals surface area contributed by atoms with E-state index in [9.17, 15) is 9.59 Å². The Morgan fingerprint density at radius 3 is 1.73 bits per heavy atom. The Morgan fingerprint density at radius 2 is 1.14 bits per heavy atom. The van der Waals surface area contributed by atoms with Gasteiger partial charge in [0.1, 0.15) is 17.2 Å². The normalized spacial score (nSPS) is 13.5. The van der Waals surface area contributed by atoms with E-state index in [2.05, 4.69) is 19.1 Å². The Kier molecular flexibility index (Phi) is 18.5. The summed E-state index contributed by atoms with van der Waals surface area (Å²) >= 11 is 0. The van der Waals surface area contributed by atoms with E-state index in [-0.39, 0.29) is 18.0 Å². The molecule has 6 nitrogen and oxygen atoms in total. The Labute approximate surface area is 307 Å². The molecule has 278 valence electrons. The van der Waals surface area contributed by atoms with Crippen molar-refractivity contribution >= 4 is 11.9 Å². The number of ether oxygens (including phenoxy) is 4. The van der Waals surface area contributed by atoms with E-state index >= 15 is 0 Å². The number of unbranched alkanes of at least 4 members (excludes halogenated alkanes) is 11. The number of hydrogen-bond donors (Lipinski definition) is 0. The van der Waals surface area contributed by atoms with Crippen LogP contribution >= 0.6 is 0 Å². The monoisotopic (exact) mass is 698 g/mol. The van der Waals surface area contributed by atoms with Gasteiger partial charge >= 0.3 is 11.9 Å². The number of carbonyl (C=O) groups is 2. The van der Waals surface area contributed by atoms with Crippen molar-refractivity contribution in [3.63, 3.8) is 0 Å². The number of carbonyl (C=O) groups excluding carboxylic acids is 2. The van der Waals surface area contributed by atoms with E-state index in [0.717, 1.165) is 61.3 Å². The molecule has 0 N–H and O–H groups in total. The van der Waals surface area contributed by atoms with Crippen molar-refractivity contribution in [3.05, 3.63) is 78.4 Å². The second-order valence-electron chi connectivity index (χ2n) is 14.3. The first-order valence-electron chi connectivity index (χ1n) is 20.0. The summed E-state index contributed by atoms with van der Waals surface area (Å²) in [4.78, 5) is 24.4. The van der Waals surface area contributed by atoms with Crippen molar-refractivity contribution in [1.82, 2.24) is 0 Å². The van der Waals surface area contributed by atoms with Gasteiger partial charge in [-0.2, -0.15) is 0 Å². The van der Waals surface area contributed by atoms with Gasteiger partial charge in [0.15, 0.2) is 0 Å². The molecule has 51 heavy (non-hydrogen) atoms. The third-order valence-electron chi connectivity index (χ3n) is 9.89. The van der Waals surface area contributed by atoms with Crippen LogP contribution in [0.15, 0.2) is 72.8 Å². The second-order valence-corrected chi connectivity index (χ2v) is 14.3. The van der Waals surface area contributed by atoms with Crippen molar-refractivity contribution in [2.45, 2.75) is 142 Å². The van der Waals surface area contributed by atoms with E-state index in [1.807, 2.05) is 43.3 Å². The van der Waals surface area contributed by atoms with Crippen LogP contribution in [0.5, 0.6) is 17.2 Å². The lowest BCUT2D eigenvalue weighted by Gasteiger charge is -2.13. The molecule has 0 aliphatic heterocycles. The highest BCUT2D eigenvalue weighted by molar-refractivity contribution is 5.89. The molecular formula is C45H62O6. The lowest BCUT2D eigenvalue weighted by molar-refractivity contribution is -0.144. The van der Waals surface area contributed by atoms with Gasteiger partial charge < -0.3 is 18.9 Å². The standard InChI is InChI=1S/C45H62O6/c1-3-4-5-13-18-36(2)50-45(47)40-25-31-43(32-26-40)51-42-29-23-39(24-30-42)38-21-27-41(28-22-38)48-33-16-11-9-7-6-8-10-12-17-34-49-44(46)35-37-19-14-15-20-37/h21-32,36-37H,3-20,33-35H2,1-2H3/t36-/m0/s1. The minimum absolute atomic E-state index is 0.0104. The van der Waals surface area contributed by atoms with Crippen LogP contribution in [0.3, 0.4) is 0 Å². The van der Waals surface area contributed by atoms with Crippen LogP contribution in [0.25, 0.3) is 11.1 Å². The topological polar surface area (TPSA) is 71.1 Å².